The summed E-state index contributed by atoms with van der Waals surface area (Å²) in [4.78, 5) is 17.9. The molecule has 2 aromatic heterocycles. The fourth-order valence-corrected chi connectivity index (χ4v) is 7.19. The molecular weight excluding hydrogens is 540 g/mol. The molecule has 0 radical (unpaired) electrons. The van der Waals surface area contributed by atoms with Gasteiger partial charge in [-0.25, -0.2) is 8.78 Å². The van der Waals surface area contributed by atoms with Crippen LogP contribution in [0.2, 0.25) is 5.02 Å². The number of alkyl halides is 1. The average molecular weight is 572 g/mol. The minimum atomic E-state index is -0.891. The van der Waals surface area contributed by atoms with E-state index in [-0.39, 0.29) is 41.6 Å². The number of hydrogen-bond donors (Lipinski definition) is 2. The summed E-state index contributed by atoms with van der Waals surface area (Å²) < 4.78 is 36.9. The molecule has 4 fully saturated rings. The zero-order chi connectivity index (χ0) is 27.6. The van der Waals surface area contributed by atoms with Crippen molar-refractivity contribution in [3.8, 4) is 23.0 Å². The van der Waals surface area contributed by atoms with E-state index < -0.39 is 17.5 Å². The quantitative estimate of drug-likeness (QED) is 0.428. The van der Waals surface area contributed by atoms with Crippen LogP contribution in [0.5, 0.6) is 11.8 Å². The first-order valence-electron chi connectivity index (χ1n) is 14.2. The maximum Gasteiger partial charge on any atom is 0.319 e. The Labute approximate surface area is 236 Å². The smallest absolute Gasteiger partial charge is 0.319 e. The molecule has 2 N–H and O–H groups in total. The Hall–Kier alpha value is -2.82. The Kier molecular flexibility index (Phi) is 6.47. The van der Waals surface area contributed by atoms with E-state index in [4.69, 9.17) is 21.3 Å². The standard InChI is InChI=1S/C29H32ClF2N5O3/c30-22-11-19(39)10-20(23(22)16-2-3-16)25-24(32)26-21(13-33-25)27(36-8-4-18(38)5-9-36)35-28(34-26)40-15-29-6-1-7-37(29)14-17(31)12-29/h10-11,13,16-18,38-39H,1-9,12,14-15H2/t17-,29+/m1/s1. The molecule has 3 aliphatic heterocycles. The molecule has 4 aliphatic rings. The molecule has 3 saturated heterocycles. The number of halogens is 3. The topological polar surface area (TPSA) is 94.8 Å². The molecule has 0 amide bonds. The number of fused-ring (bicyclic) bond motifs is 2. The Morgan fingerprint density at radius 1 is 1.12 bits per heavy atom. The normalized spacial score (nSPS) is 25.6. The number of benzene rings is 1. The second-order valence-electron chi connectivity index (χ2n) is 11.8. The van der Waals surface area contributed by atoms with Gasteiger partial charge in [0.1, 0.15) is 35.6 Å². The number of aromatic nitrogens is 3. The third-order valence-electron chi connectivity index (χ3n) is 8.99. The highest BCUT2D eigenvalue weighted by Crippen LogP contribution is 2.49. The lowest BCUT2D eigenvalue weighted by atomic mass is 9.95. The fraction of sp³-hybridized carbons (Fsp3) is 0.552. The molecular formula is C29H32ClF2N5O3. The number of aliphatic hydroxyl groups excluding tert-OH is 1. The Bertz CT molecular complexity index is 1470. The van der Waals surface area contributed by atoms with Gasteiger partial charge in [0.2, 0.25) is 0 Å². The van der Waals surface area contributed by atoms with E-state index in [2.05, 4.69) is 14.9 Å². The zero-order valence-electron chi connectivity index (χ0n) is 22.1. The lowest BCUT2D eigenvalue weighted by molar-refractivity contribution is 0.107. The second kappa shape index (κ2) is 9.92. The van der Waals surface area contributed by atoms with Crippen molar-refractivity contribution in [2.24, 2.45) is 0 Å². The van der Waals surface area contributed by atoms with E-state index in [9.17, 15) is 14.6 Å². The van der Waals surface area contributed by atoms with E-state index in [1.165, 1.54) is 12.1 Å². The molecule has 0 spiro atoms. The summed E-state index contributed by atoms with van der Waals surface area (Å²) in [6.45, 7) is 2.56. The van der Waals surface area contributed by atoms with Gasteiger partial charge in [-0.2, -0.15) is 9.97 Å². The van der Waals surface area contributed by atoms with Crippen molar-refractivity contribution in [3.63, 3.8) is 0 Å². The number of phenols is 1. The predicted molar refractivity (Wildman–Crippen MR) is 147 cm³/mol. The van der Waals surface area contributed by atoms with E-state index >= 15 is 4.39 Å². The summed E-state index contributed by atoms with van der Waals surface area (Å²) in [6, 6.07) is 3.01. The number of aliphatic hydroxyl groups is 1. The Morgan fingerprint density at radius 3 is 2.70 bits per heavy atom. The largest absolute Gasteiger partial charge is 0.508 e. The minimum absolute atomic E-state index is 0.0320. The number of ether oxygens (including phenoxy) is 1. The number of aromatic hydroxyl groups is 1. The molecule has 0 bridgehead atoms. The molecule has 1 aromatic carbocycles. The molecule has 2 atom stereocenters. The van der Waals surface area contributed by atoms with Crippen LogP contribution in [0.25, 0.3) is 22.2 Å². The van der Waals surface area contributed by atoms with Crippen LogP contribution in [0.15, 0.2) is 18.3 Å². The summed E-state index contributed by atoms with van der Waals surface area (Å²) in [5, 5.41) is 21.2. The molecule has 1 aliphatic carbocycles. The average Bonchev–Trinajstić information content (AvgIpc) is 3.61. The number of rotatable bonds is 6. The molecule has 7 rings (SSSR count). The van der Waals surface area contributed by atoms with Crippen molar-refractivity contribution in [1.29, 1.82) is 0 Å². The van der Waals surface area contributed by atoms with Gasteiger partial charge in [-0.3, -0.25) is 9.88 Å². The highest BCUT2D eigenvalue weighted by molar-refractivity contribution is 6.32. The Morgan fingerprint density at radius 2 is 1.93 bits per heavy atom. The lowest BCUT2D eigenvalue weighted by Gasteiger charge is -2.32. The molecule has 3 aromatic rings. The first-order valence-corrected chi connectivity index (χ1v) is 14.5. The predicted octanol–water partition coefficient (Wildman–Crippen LogP) is 4.98. The van der Waals surface area contributed by atoms with Gasteiger partial charge in [0.25, 0.3) is 0 Å². The summed E-state index contributed by atoms with van der Waals surface area (Å²) in [6.07, 6.45) is 5.52. The number of nitrogens with zero attached hydrogens (tertiary/aromatic N) is 5. The summed E-state index contributed by atoms with van der Waals surface area (Å²) in [5.41, 5.74) is 0.966. The van der Waals surface area contributed by atoms with Gasteiger partial charge in [0.15, 0.2) is 5.82 Å². The van der Waals surface area contributed by atoms with Crippen LogP contribution in [-0.4, -0.2) is 80.7 Å². The number of piperidine rings is 1. The summed E-state index contributed by atoms with van der Waals surface area (Å²) >= 11 is 6.50. The van der Waals surface area contributed by atoms with Crippen molar-refractivity contribution in [2.75, 3.05) is 37.7 Å². The van der Waals surface area contributed by atoms with Crippen LogP contribution < -0.4 is 9.64 Å². The first kappa shape index (κ1) is 26.1. The number of phenolic OH excluding ortho intramolecular Hbond substituents is 1. The highest BCUT2D eigenvalue weighted by Gasteiger charge is 2.49. The van der Waals surface area contributed by atoms with Crippen molar-refractivity contribution >= 4 is 28.3 Å². The van der Waals surface area contributed by atoms with Gasteiger partial charge in [-0.05, 0) is 68.7 Å². The van der Waals surface area contributed by atoms with Crippen LogP contribution >= 0.6 is 11.6 Å². The molecule has 212 valence electrons. The lowest BCUT2D eigenvalue weighted by Crippen LogP contribution is -2.43. The number of pyridine rings is 1. The van der Waals surface area contributed by atoms with Crippen molar-refractivity contribution in [3.05, 3.63) is 34.7 Å². The maximum absolute atomic E-state index is 16.4. The molecule has 11 heteroatoms. The van der Waals surface area contributed by atoms with Gasteiger partial charge < -0.3 is 19.8 Å². The van der Waals surface area contributed by atoms with Crippen LogP contribution in [0, 0.1) is 5.82 Å². The van der Waals surface area contributed by atoms with Crippen LogP contribution in [0.3, 0.4) is 0 Å². The number of anilines is 1. The molecule has 40 heavy (non-hydrogen) atoms. The van der Waals surface area contributed by atoms with Crippen molar-refractivity contribution in [2.45, 2.75) is 68.7 Å². The summed E-state index contributed by atoms with van der Waals surface area (Å²) in [5.74, 6) is -0.0132. The molecule has 5 heterocycles. The Balaban J connectivity index is 1.32. The van der Waals surface area contributed by atoms with Crippen LogP contribution in [0.1, 0.15) is 56.4 Å². The van der Waals surface area contributed by atoms with Gasteiger partial charge in [0, 0.05) is 42.8 Å². The highest BCUT2D eigenvalue weighted by atomic mass is 35.5. The fourth-order valence-electron chi connectivity index (χ4n) is 6.83. The monoisotopic (exact) mass is 571 g/mol. The van der Waals surface area contributed by atoms with E-state index in [0.717, 1.165) is 37.8 Å². The molecule has 0 unspecified atom stereocenters. The third kappa shape index (κ3) is 4.54. The second-order valence-corrected chi connectivity index (χ2v) is 12.2. The van der Waals surface area contributed by atoms with E-state index in [1.54, 1.807) is 6.20 Å². The SMILES string of the molecule is Oc1cc(Cl)c(C2CC2)c(-c2ncc3c(N4CCC(O)CC4)nc(OC[C@@]45CCCN4C[C@H](F)C5)nc3c2F)c1. The van der Waals surface area contributed by atoms with Crippen LogP contribution in [0.4, 0.5) is 14.6 Å². The van der Waals surface area contributed by atoms with Crippen LogP contribution in [-0.2, 0) is 0 Å². The summed E-state index contributed by atoms with van der Waals surface area (Å²) in [7, 11) is 0. The van der Waals surface area contributed by atoms with Gasteiger partial charge in [0.05, 0.1) is 17.0 Å². The van der Waals surface area contributed by atoms with Gasteiger partial charge in [-0.15, -0.1) is 0 Å². The van der Waals surface area contributed by atoms with Gasteiger partial charge >= 0.3 is 6.01 Å². The van der Waals surface area contributed by atoms with Gasteiger partial charge in [-0.1, -0.05) is 11.6 Å². The van der Waals surface area contributed by atoms with Crippen molar-refractivity contribution < 1.29 is 23.7 Å². The molecule has 1 saturated carbocycles. The van der Waals surface area contributed by atoms with E-state index in [1.807, 2.05) is 4.90 Å². The third-order valence-corrected chi connectivity index (χ3v) is 9.31. The minimum Gasteiger partial charge on any atom is -0.508 e. The van der Waals surface area contributed by atoms with E-state index in [0.29, 0.717) is 60.7 Å². The number of hydrogen-bond acceptors (Lipinski definition) is 8. The maximum atomic E-state index is 16.4. The van der Waals surface area contributed by atoms with Crippen molar-refractivity contribution in [1.82, 2.24) is 19.9 Å². The first-order chi connectivity index (χ1) is 19.3. The molecule has 8 nitrogen and oxygen atoms in total. The zero-order valence-corrected chi connectivity index (χ0v) is 22.9.